The smallest absolute Gasteiger partial charge is 0.115 e. The number of benzene rings is 1. The van der Waals surface area contributed by atoms with Crippen molar-refractivity contribution >= 4 is 11.8 Å². The Kier molecular flexibility index (Phi) is 2.76. The van der Waals surface area contributed by atoms with E-state index in [1.807, 2.05) is 23.9 Å². The summed E-state index contributed by atoms with van der Waals surface area (Å²) in [5.74, 6) is 1.39. The van der Waals surface area contributed by atoms with Crippen LogP contribution in [0.3, 0.4) is 0 Å². The summed E-state index contributed by atoms with van der Waals surface area (Å²) < 4.78 is 0. The number of phenolic OH excluding ortho intramolecular Hbond substituents is 1. The average Bonchev–Trinajstić information content (AvgIpc) is 2.05. The fraction of sp³-hybridized carbons (Fsp3) is 0.400. The zero-order valence-corrected chi connectivity index (χ0v) is 8.18. The summed E-state index contributed by atoms with van der Waals surface area (Å²) in [5, 5.41) is 13.1. The van der Waals surface area contributed by atoms with E-state index in [1.54, 1.807) is 12.1 Å². The quantitative estimate of drug-likeness (QED) is 0.768. The minimum absolute atomic E-state index is 0.346. The molecular formula is C10H13NOS. The van der Waals surface area contributed by atoms with Gasteiger partial charge in [-0.2, -0.15) is 11.8 Å². The largest absolute Gasteiger partial charge is 0.508 e. The van der Waals surface area contributed by atoms with Crippen LogP contribution in [0.15, 0.2) is 24.3 Å². The predicted octanol–water partition coefficient (Wildman–Crippen LogP) is 1.60. The van der Waals surface area contributed by atoms with Gasteiger partial charge in [-0.3, -0.25) is 0 Å². The first-order valence-corrected chi connectivity index (χ1v) is 5.50. The summed E-state index contributed by atoms with van der Waals surface area (Å²) in [5.41, 5.74) is 1.29. The Labute approximate surface area is 82.4 Å². The molecule has 2 N–H and O–H groups in total. The van der Waals surface area contributed by atoms with Gasteiger partial charge in [0, 0.05) is 24.1 Å². The Hall–Kier alpha value is -0.670. The molecule has 0 spiro atoms. The standard InChI is InChI=1S/C10H13NOS/c12-9-3-1-8(2-4-9)7-13-10-5-11-6-10/h1-4,10-12H,5-7H2. The van der Waals surface area contributed by atoms with Gasteiger partial charge in [0.05, 0.1) is 0 Å². The second-order valence-electron chi connectivity index (χ2n) is 3.26. The topological polar surface area (TPSA) is 32.3 Å². The minimum atomic E-state index is 0.346. The molecule has 2 rings (SSSR count). The maximum atomic E-state index is 9.07. The molecule has 0 unspecified atom stereocenters. The summed E-state index contributed by atoms with van der Waals surface area (Å²) in [4.78, 5) is 0. The van der Waals surface area contributed by atoms with Gasteiger partial charge in [0.25, 0.3) is 0 Å². The Morgan fingerprint density at radius 1 is 1.31 bits per heavy atom. The normalized spacial score (nSPS) is 16.9. The number of rotatable bonds is 3. The third-order valence-electron chi connectivity index (χ3n) is 2.17. The highest BCUT2D eigenvalue weighted by atomic mass is 32.2. The monoisotopic (exact) mass is 195 g/mol. The molecule has 70 valence electrons. The van der Waals surface area contributed by atoms with Crippen LogP contribution in [0.2, 0.25) is 0 Å². The number of hydrogen-bond acceptors (Lipinski definition) is 3. The van der Waals surface area contributed by atoms with Crippen molar-refractivity contribution < 1.29 is 5.11 Å². The molecular weight excluding hydrogens is 182 g/mol. The van der Waals surface area contributed by atoms with Gasteiger partial charge in [-0.15, -0.1) is 0 Å². The highest BCUT2D eigenvalue weighted by molar-refractivity contribution is 7.99. The highest BCUT2D eigenvalue weighted by Gasteiger charge is 2.16. The average molecular weight is 195 g/mol. The third kappa shape index (κ3) is 2.39. The minimum Gasteiger partial charge on any atom is -0.508 e. The van der Waals surface area contributed by atoms with Crippen molar-refractivity contribution in [3.05, 3.63) is 29.8 Å². The van der Waals surface area contributed by atoms with E-state index in [2.05, 4.69) is 5.32 Å². The Bertz CT molecular complexity index is 269. The Morgan fingerprint density at radius 2 is 2.00 bits per heavy atom. The van der Waals surface area contributed by atoms with Crippen molar-refractivity contribution in [1.82, 2.24) is 5.32 Å². The molecule has 0 aliphatic carbocycles. The molecule has 1 fully saturated rings. The summed E-state index contributed by atoms with van der Waals surface area (Å²) >= 11 is 1.98. The SMILES string of the molecule is Oc1ccc(CSC2CNC2)cc1. The summed E-state index contributed by atoms with van der Waals surface area (Å²) in [7, 11) is 0. The third-order valence-corrected chi connectivity index (χ3v) is 3.47. The Morgan fingerprint density at radius 3 is 2.54 bits per heavy atom. The molecule has 13 heavy (non-hydrogen) atoms. The summed E-state index contributed by atoms with van der Waals surface area (Å²) in [6, 6.07) is 7.45. The van der Waals surface area contributed by atoms with E-state index in [4.69, 9.17) is 5.11 Å². The van der Waals surface area contributed by atoms with E-state index in [-0.39, 0.29) is 0 Å². The van der Waals surface area contributed by atoms with Gasteiger partial charge < -0.3 is 10.4 Å². The first kappa shape index (κ1) is 8.91. The lowest BCUT2D eigenvalue weighted by Gasteiger charge is -2.26. The molecule has 0 atom stereocenters. The first-order chi connectivity index (χ1) is 6.34. The van der Waals surface area contributed by atoms with Crippen molar-refractivity contribution in [2.24, 2.45) is 0 Å². The van der Waals surface area contributed by atoms with Crippen LogP contribution < -0.4 is 5.32 Å². The molecule has 0 amide bonds. The zero-order chi connectivity index (χ0) is 9.10. The lowest BCUT2D eigenvalue weighted by molar-refractivity contribution is 0.475. The van der Waals surface area contributed by atoms with E-state index in [9.17, 15) is 0 Å². The second kappa shape index (κ2) is 4.03. The number of aromatic hydroxyl groups is 1. The lowest BCUT2D eigenvalue weighted by atomic mass is 10.2. The number of phenols is 1. The van der Waals surface area contributed by atoms with Crippen LogP contribution in [0.25, 0.3) is 0 Å². The maximum absolute atomic E-state index is 9.07. The molecule has 1 aliphatic heterocycles. The van der Waals surface area contributed by atoms with Gasteiger partial charge >= 0.3 is 0 Å². The molecule has 1 aromatic rings. The highest BCUT2D eigenvalue weighted by Crippen LogP contribution is 2.21. The molecule has 3 heteroatoms. The first-order valence-electron chi connectivity index (χ1n) is 4.45. The lowest BCUT2D eigenvalue weighted by Crippen LogP contribution is -2.44. The van der Waals surface area contributed by atoms with Crippen LogP contribution in [-0.2, 0) is 5.75 Å². The van der Waals surface area contributed by atoms with E-state index in [0.29, 0.717) is 5.75 Å². The summed E-state index contributed by atoms with van der Waals surface area (Å²) in [6.45, 7) is 2.28. The van der Waals surface area contributed by atoms with Crippen LogP contribution in [0.4, 0.5) is 0 Å². The van der Waals surface area contributed by atoms with Gasteiger partial charge in [-0.1, -0.05) is 12.1 Å². The van der Waals surface area contributed by atoms with Gasteiger partial charge in [-0.05, 0) is 17.7 Å². The van der Waals surface area contributed by atoms with Crippen molar-refractivity contribution in [1.29, 1.82) is 0 Å². The molecule has 1 heterocycles. The number of nitrogens with one attached hydrogen (secondary N) is 1. The van der Waals surface area contributed by atoms with Gasteiger partial charge in [0.15, 0.2) is 0 Å². The van der Waals surface area contributed by atoms with E-state index in [0.717, 1.165) is 24.1 Å². The van der Waals surface area contributed by atoms with Crippen LogP contribution in [0.1, 0.15) is 5.56 Å². The van der Waals surface area contributed by atoms with Crippen LogP contribution >= 0.6 is 11.8 Å². The van der Waals surface area contributed by atoms with Crippen LogP contribution in [-0.4, -0.2) is 23.4 Å². The molecule has 0 radical (unpaired) electrons. The Balaban J connectivity index is 1.83. The summed E-state index contributed by atoms with van der Waals surface area (Å²) in [6.07, 6.45) is 0. The molecule has 0 saturated carbocycles. The molecule has 2 nitrogen and oxygen atoms in total. The molecule has 1 aromatic carbocycles. The van der Waals surface area contributed by atoms with Crippen molar-refractivity contribution in [2.75, 3.05) is 13.1 Å². The number of thioether (sulfide) groups is 1. The van der Waals surface area contributed by atoms with Crippen molar-refractivity contribution in [3.8, 4) is 5.75 Å². The molecule has 1 aliphatic rings. The maximum Gasteiger partial charge on any atom is 0.115 e. The van der Waals surface area contributed by atoms with Gasteiger partial charge in [0.1, 0.15) is 5.75 Å². The van der Waals surface area contributed by atoms with Crippen molar-refractivity contribution in [3.63, 3.8) is 0 Å². The van der Waals surface area contributed by atoms with E-state index >= 15 is 0 Å². The van der Waals surface area contributed by atoms with Gasteiger partial charge in [-0.25, -0.2) is 0 Å². The van der Waals surface area contributed by atoms with Crippen LogP contribution in [0.5, 0.6) is 5.75 Å². The fourth-order valence-electron chi connectivity index (χ4n) is 1.19. The predicted molar refractivity (Wildman–Crippen MR) is 56.1 cm³/mol. The molecule has 0 bridgehead atoms. The number of hydrogen-bond donors (Lipinski definition) is 2. The second-order valence-corrected chi connectivity index (χ2v) is 4.55. The van der Waals surface area contributed by atoms with E-state index < -0.39 is 0 Å². The van der Waals surface area contributed by atoms with Crippen LogP contribution in [0, 0.1) is 0 Å². The van der Waals surface area contributed by atoms with E-state index in [1.165, 1.54) is 5.56 Å². The van der Waals surface area contributed by atoms with Crippen molar-refractivity contribution in [2.45, 2.75) is 11.0 Å². The fourth-order valence-corrected chi connectivity index (χ4v) is 2.28. The van der Waals surface area contributed by atoms with Gasteiger partial charge in [0.2, 0.25) is 0 Å². The molecule has 1 saturated heterocycles. The molecule has 0 aromatic heterocycles. The zero-order valence-electron chi connectivity index (χ0n) is 7.36.